The van der Waals surface area contributed by atoms with Gasteiger partial charge < -0.3 is 10.3 Å². The minimum absolute atomic E-state index is 0.424. The van der Waals surface area contributed by atoms with Gasteiger partial charge in [-0.1, -0.05) is 32.3 Å². The first kappa shape index (κ1) is 13.0. The van der Waals surface area contributed by atoms with Crippen LogP contribution in [0.15, 0.2) is 18.2 Å². The maximum Gasteiger partial charge on any atom is 0.201 e. The molecule has 2 aromatic rings. The van der Waals surface area contributed by atoms with Gasteiger partial charge in [-0.15, -0.1) is 0 Å². The molecule has 1 aromatic heterocycles. The summed E-state index contributed by atoms with van der Waals surface area (Å²) in [5, 5.41) is 9.20. The predicted octanol–water partition coefficient (Wildman–Crippen LogP) is 3.63. The summed E-state index contributed by atoms with van der Waals surface area (Å²) >= 11 is 0. The smallest absolute Gasteiger partial charge is 0.201 e. The molecule has 1 aliphatic rings. The molecule has 1 aromatic carbocycles. The molecule has 4 heteroatoms. The van der Waals surface area contributed by atoms with E-state index in [1.165, 1.54) is 25.7 Å². The number of rotatable bonds is 2. The van der Waals surface area contributed by atoms with Crippen molar-refractivity contribution >= 4 is 17.0 Å². The Morgan fingerprint density at radius 3 is 2.95 bits per heavy atom. The van der Waals surface area contributed by atoms with Gasteiger partial charge in [0.15, 0.2) is 0 Å². The SMILES string of the molecule is CCC1CCCCC1n1c(N)nc2c(C#N)cccc21. The van der Waals surface area contributed by atoms with E-state index in [4.69, 9.17) is 5.73 Å². The van der Waals surface area contributed by atoms with Gasteiger partial charge in [-0.3, -0.25) is 0 Å². The fraction of sp³-hybridized carbons (Fsp3) is 0.500. The number of anilines is 1. The molecule has 0 aliphatic heterocycles. The van der Waals surface area contributed by atoms with Crippen molar-refractivity contribution in [3.05, 3.63) is 23.8 Å². The lowest BCUT2D eigenvalue weighted by Gasteiger charge is -2.32. The first-order valence-electron chi connectivity index (χ1n) is 7.42. The highest BCUT2D eigenvalue weighted by atomic mass is 15.2. The molecule has 1 aliphatic carbocycles. The van der Waals surface area contributed by atoms with Gasteiger partial charge in [-0.05, 0) is 30.9 Å². The number of nitriles is 1. The zero-order valence-electron chi connectivity index (χ0n) is 11.8. The highest BCUT2D eigenvalue weighted by Crippen LogP contribution is 2.39. The number of hydrogen-bond donors (Lipinski definition) is 1. The molecule has 2 N–H and O–H groups in total. The largest absolute Gasteiger partial charge is 0.369 e. The first-order chi connectivity index (χ1) is 9.76. The van der Waals surface area contributed by atoms with Crippen LogP contribution in [0.5, 0.6) is 0 Å². The second-order valence-electron chi connectivity index (χ2n) is 5.65. The fourth-order valence-corrected chi connectivity index (χ4v) is 3.58. The quantitative estimate of drug-likeness (QED) is 0.904. The molecule has 0 amide bonds. The van der Waals surface area contributed by atoms with E-state index in [0.29, 0.717) is 23.5 Å². The van der Waals surface area contributed by atoms with Gasteiger partial charge >= 0.3 is 0 Å². The number of fused-ring (bicyclic) bond motifs is 1. The molecule has 104 valence electrons. The Hall–Kier alpha value is -2.02. The monoisotopic (exact) mass is 268 g/mol. The molecule has 1 saturated carbocycles. The molecule has 0 bridgehead atoms. The average Bonchev–Trinajstić information content (AvgIpc) is 2.82. The van der Waals surface area contributed by atoms with Crippen molar-refractivity contribution in [2.45, 2.75) is 45.1 Å². The third-order valence-corrected chi connectivity index (χ3v) is 4.59. The van der Waals surface area contributed by atoms with Crippen molar-refractivity contribution in [2.24, 2.45) is 5.92 Å². The van der Waals surface area contributed by atoms with E-state index in [0.717, 1.165) is 17.5 Å². The third kappa shape index (κ3) is 1.94. The number of imidazole rings is 1. The topological polar surface area (TPSA) is 67.6 Å². The molecule has 2 atom stereocenters. The standard InChI is InChI=1S/C16H20N4/c1-2-11-6-3-4-8-13(11)20-14-9-5-7-12(10-17)15(14)19-16(20)18/h5,7,9,11,13H,2-4,6,8H2,1H3,(H2,18,19). The van der Waals surface area contributed by atoms with Crippen LogP contribution in [0.4, 0.5) is 5.95 Å². The molecule has 0 radical (unpaired) electrons. The van der Waals surface area contributed by atoms with Crippen LogP contribution >= 0.6 is 0 Å². The van der Waals surface area contributed by atoms with Crippen molar-refractivity contribution in [3.63, 3.8) is 0 Å². The Labute approximate surface area is 119 Å². The molecule has 20 heavy (non-hydrogen) atoms. The highest BCUT2D eigenvalue weighted by Gasteiger charge is 2.28. The summed E-state index contributed by atoms with van der Waals surface area (Å²) in [5.74, 6) is 1.21. The minimum Gasteiger partial charge on any atom is -0.369 e. The number of aromatic nitrogens is 2. The molecule has 0 spiro atoms. The zero-order chi connectivity index (χ0) is 14.1. The molecular weight excluding hydrogens is 248 g/mol. The van der Waals surface area contributed by atoms with Crippen LogP contribution < -0.4 is 5.73 Å². The van der Waals surface area contributed by atoms with Crippen LogP contribution in [-0.2, 0) is 0 Å². The second kappa shape index (κ2) is 5.16. The van der Waals surface area contributed by atoms with E-state index in [2.05, 4.69) is 22.5 Å². The first-order valence-corrected chi connectivity index (χ1v) is 7.42. The molecular formula is C16H20N4. The van der Waals surface area contributed by atoms with Crippen LogP contribution in [-0.4, -0.2) is 9.55 Å². The summed E-state index contributed by atoms with van der Waals surface area (Å²) in [4.78, 5) is 4.45. The van der Waals surface area contributed by atoms with Crippen molar-refractivity contribution in [1.82, 2.24) is 9.55 Å². The summed E-state index contributed by atoms with van der Waals surface area (Å²) in [6.07, 6.45) is 6.15. The molecule has 4 nitrogen and oxygen atoms in total. The second-order valence-corrected chi connectivity index (χ2v) is 5.65. The molecule has 2 unspecified atom stereocenters. The minimum atomic E-state index is 0.424. The van der Waals surface area contributed by atoms with Crippen LogP contribution in [0.1, 0.15) is 50.6 Å². The maximum absolute atomic E-state index is 9.20. The fourth-order valence-electron chi connectivity index (χ4n) is 3.58. The summed E-state index contributed by atoms with van der Waals surface area (Å²) in [6.45, 7) is 2.25. The average molecular weight is 268 g/mol. The normalized spacial score (nSPS) is 22.8. The number of hydrogen-bond acceptors (Lipinski definition) is 3. The van der Waals surface area contributed by atoms with Crippen molar-refractivity contribution in [1.29, 1.82) is 5.26 Å². The number of benzene rings is 1. The Morgan fingerprint density at radius 2 is 2.20 bits per heavy atom. The molecule has 0 saturated heterocycles. The number of para-hydroxylation sites is 1. The Kier molecular flexibility index (Phi) is 3.35. The van der Waals surface area contributed by atoms with E-state index in [1.54, 1.807) is 6.07 Å². The predicted molar refractivity (Wildman–Crippen MR) is 80.1 cm³/mol. The van der Waals surface area contributed by atoms with E-state index < -0.39 is 0 Å². The Morgan fingerprint density at radius 1 is 1.40 bits per heavy atom. The number of nitrogens with two attached hydrogens (primary N) is 1. The van der Waals surface area contributed by atoms with Gasteiger partial charge in [-0.25, -0.2) is 4.98 Å². The van der Waals surface area contributed by atoms with Crippen molar-refractivity contribution in [2.75, 3.05) is 5.73 Å². The van der Waals surface area contributed by atoms with E-state index >= 15 is 0 Å². The van der Waals surface area contributed by atoms with Gasteiger partial charge in [0.25, 0.3) is 0 Å². The Bertz CT molecular complexity index is 665. The van der Waals surface area contributed by atoms with Gasteiger partial charge in [0.2, 0.25) is 5.95 Å². The highest BCUT2D eigenvalue weighted by molar-refractivity contribution is 5.84. The van der Waals surface area contributed by atoms with E-state index in [1.807, 2.05) is 12.1 Å². The number of nitrogen functional groups attached to an aromatic ring is 1. The lowest BCUT2D eigenvalue weighted by atomic mass is 9.82. The van der Waals surface area contributed by atoms with Gasteiger partial charge in [0.05, 0.1) is 11.1 Å². The Balaban J connectivity index is 2.16. The van der Waals surface area contributed by atoms with Crippen LogP contribution in [0.2, 0.25) is 0 Å². The van der Waals surface area contributed by atoms with Crippen molar-refractivity contribution < 1.29 is 0 Å². The van der Waals surface area contributed by atoms with Crippen LogP contribution in [0.25, 0.3) is 11.0 Å². The summed E-state index contributed by atoms with van der Waals surface area (Å²) in [5.41, 5.74) is 8.53. The van der Waals surface area contributed by atoms with E-state index in [-0.39, 0.29) is 0 Å². The van der Waals surface area contributed by atoms with Gasteiger partial charge in [0, 0.05) is 6.04 Å². The van der Waals surface area contributed by atoms with Crippen LogP contribution in [0, 0.1) is 17.2 Å². The zero-order valence-corrected chi connectivity index (χ0v) is 11.8. The lowest BCUT2D eigenvalue weighted by molar-refractivity contribution is 0.239. The third-order valence-electron chi connectivity index (χ3n) is 4.59. The summed E-state index contributed by atoms with van der Waals surface area (Å²) in [7, 11) is 0. The summed E-state index contributed by atoms with van der Waals surface area (Å²) < 4.78 is 2.17. The lowest BCUT2D eigenvalue weighted by Crippen LogP contribution is -2.23. The maximum atomic E-state index is 9.20. The van der Waals surface area contributed by atoms with Crippen molar-refractivity contribution in [3.8, 4) is 6.07 Å². The molecule has 1 fully saturated rings. The molecule has 1 heterocycles. The van der Waals surface area contributed by atoms with E-state index in [9.17, 15) is 5.26 Å². The number of nitrogens with zero attached hydrogens (tertiary/aromatic N) is 3. The van der Waals surface area contributed by atoms with Gasteiger partial charge in [-0.2, -0.15) is 5.26 Å². The summed E-state index contributed by atoms with van der Waals surface area (Å²) in [6, 6.07) is 8.38. The van der Waals surface area contributed by atoms with Crippen LogP contribution in [0.3, 0.4) is 0 Å². The van der Waals surface area contributed by atoms with Gasteiger partial charge in [0.1, 0.15) is 11.6 Å². The molecule has 3 rings (SSSR count).